The number of benzene rings is 2. The van der Waals surface area contributed by atoms with Gasteiger partial charge >= 0.3 is 0 Å². The van der Waals surface area contributed by atoms with Crippen molar-refractivity contribution in [3.8, 4) is 0 Å². The lowest BCUT2D eigenvalue weighted by atomic mass is 10.1. The average molecular weight is 522 g/mol. The highest BCUT2D eigenvalue weighted by Gasteiger charge is 2.25. The Kier molecular flexibility index (Phi) is 4.44. The number of aromatic nitrogens is 2. The van der Waals surface area contributed by atoms with Crippen molar-refractivity contribution in [2.75, 3.05) is 5.32 Å². The van der Waals surface area contributed by atoms with Gasteiger partial charge in [-0.3, -0.25) is 14.2 Å². The van der Waals surface area contributed by atoms with Crippen LogP contribution >= 0.6 is 38.5 Å². The van der Waals surface area contributed by atoms with Gasteiger partial charge in [0, 0.05) is 25.8 Å². The second-order valence-corrected chi connectivity index (χ2v) is 8.04. The third-order valence-electron chi connectivity index (χ3n) is 4.30. The Balaban J connectivity index is 1.97. The number of nitrogens with one attached hydrogen (secondary N) is 1. The number of carbonyl (C=O) groups excluding carboxylic acids is 1. The maximum absolute atomic E-state index is 12.9. The van der Waals surface area contributed by atoms with E-state index < -0.39 is 0 Å². The summed E-state index contributed by atoms with van der Waals surface area (Å²) in [6.45, 7) is 2.36. The first-order valence-electron chi connectivity index (χ1n) is 8.01. The van der Waals surface area contributed by atoms with E-state index in [2.05, 4.69) is 48.8 Å². The molecule has 1 N–H and O–H groups in total. The predicted molar refractivity (Wildman–Crippen MR) is 115 cm³/mol. The Morgan fingerprint density at radius 3 is 2.81 bits per heavy atom. The van der Waals surface area contributed by atoms with Crippen molar-refractivity contribution in [3.05, 3.63) is 66.2 Å². The quantitative estimate of drug-likeness (QED) is 0.404. The number of carbonyl (C=O) groups is 1. The first-order chi connectivity index (χ1) is 12.5. The normalized spacial score (nSPS) is 14.7. The molecule has 2 heterocycles. The molecule has 1 amide bonds. The monoisotopic (exact) mass is 521 g/mol. The molecule has 26 heavy (non-hydrogen) atoms. The molecule has 0 fully saturated rings. The van der Waals surface area contributed by atoms with Crippen LogP contribution in [0.25, 0.3) is 22.6 Å². The molecule has 2 aromatic carbocycles. The molecule has 0 atom stereocenters. The summed E-state index contributed by atoms with van der Waals surface area (Å²) in [6.07, 6.45) is 1.69. The highest BCUT2D eigenvalue weighted by Crippen LogP contribution is 2.34. The van der Waals surface area contributed by atoms with Gasteiger partial charge in [-0.1, -0.05) is 15.9 Å². The number of anilines is 1. The molecular formula is C19H13BrIN3O2. The van der Waals surface area contributed by atoms with Gasteiger partial charge in [0.15, 0.2) is 0 Å². The van der Waals surface area contributed by atoms with E-state index in [4.69, 9.17) is 0 Å². The molecule has 0 bridgehead atoms. The van der Waals surface area contributed by atoms with Crippen LogP contribution in [0.1, 0.15) is 18.3 Å². The largest absolute Gasteiger partial charge is 0.321 e. The number of hydrogen-bond acceptors (Lipinski definition) is 3. The zero-order valence-corrected chi connectivity index (χ0v) is 17.5. The zero-order chi connectivity index (χ0) is 18.4. The van der Waals surface area contributed by atoms with E-state index in [1.54, 1.807) is 10.6 Å². The van der Waals surface area contributed by atoms with E-state index in [9.17, 15) is 9.59 Å². The van der Waals surface area contributed by atoms with Crippen LogP contribution < -0.4 is 10.9 Å². The summed E-state index contributed by atoms with van der Waals surface area (Å²) in [5.74, 6) is 0.280. The molecule has 0 unspecified atom stereocenters. The Morgan fingerprint density at radius 2 is 2.04 bits per heavy atom. The number of fused-ring (bicyclic) bond motifs is 2. The Labute approximate surface area is 171 Å². The van der Waals surface area contributed by atoms with E-state index >= 15 is 0 Å². The van der Waals surface area contributed by atoms with Gasteiger partial charge in [-0.15, -0.1) is 0 Å². The molecule has 3 aromatic rings. The summed E-state index contributed by atoms with van der Waals surface area (Å²) in [5.41, 5.74) is 2.57. The van der Waals surface area contributed by atoms with Crippen LogP contribution in [0.4, 0.5) is 5.69 Å². The van der Waals surface area contributed by atoms with E-state index in [-0.39, 0.29) is 11.5 Å². The fourth-order valence-electron chi connectivity index (χ4n) is 3.06. The number of hydrogen-bond donors (Lipinski definition) is 1. The molecule has 1 aliphatic heterocycles. The number of rotatable bonds is 2. The van der Waals surface area contributed by atoms with Crippen LogP contribution in [-0.4, -0.2) is 15.5 Å². The minimum absolute atomic E-state index is 0.101. The van der Waals surface area contributed by atoms with E-state index in [0.29, 0.717) is 28.8 Å². The molecule has 130 valence electrons. The topological polar surface area (TPSA) is 64.0 Å². The maximum Gasteiger partial charge on any atom is 0.261 e. The summed E-state index contributed by atoms with van der Waals surface area (Å²) >= 11 is 5.62. The summed E-state index contributed by atoms with van der Waals surface area (Å²) in [4.78, 5) is 29.9. The standard InChI is InChI=1S/C19H13BrIN3O2/c1-2-24-17(22-16-6-4-11(21)8-14(16)19(24)26)9-13-12-7-10(20)3-5-15(12)23-18(13)25/h3-9H,2H2,1H3,(H,23,25). The van der Waals surface area contributed by atoms with E-state index in [0.717, 1.165) is 19.3 Å². The van der Waals surface area contributed by atoms with Crippen LogP contribution in [0.15, 0.2) is 45.7 Å². The maximum atomic E-state index is 12.9. The molecule has 0 radical (unpaired) electrons. The van der Waals surface area contributed by atoms with Gasteiger partial charge in [0.05, 0.1) is 16.5 Å². The zero-order valence-electron chi connectivity index (χ0n) is 13.7. The number of nitrogens with zero attached hydrogens (tertiary/aromatic N) is 2. The van der Waals surface area contributed by atoms with Crippen molar-refractivity contribution in [2.24, 2.45) is 0 Å². The Bertz CT molecular complexity index is 1170. The van der Waals surface area contributed by atoms with Gasteiger partial charge in [0.2, 0.25) is 0 Å². The molecule has 1 aliphatic rings. The van der Waals surface area contributed by atoms with Crippen LogP contribution in [0.3, 0.4) is 0 Å². The van der Waals surface area contributed by atoms with Crippen LogP contribution in [0.2, 0.25) is 0 Å². The summed E-state index contributed by atoms with van der Waals surface area (Å²) in [7, 11) is 0. The third kappa shape index (κ3) is 2.88. The molecule has 7 heteroatoms. The van der Waals surface area contributed by atoms with Gasteiger partial charge in [-0.2, -0.15) is 0 Å². The second-order valence-electron chi connectivity index (χ2n) is 5.88. The van der Waals surface area contributed by atoms with Crippen molar-refractivity contribution < 1.29 is 4.79 Å². The van der Waals surface area contributed by atoms with Crippen molar-refractivity contribution in [3.63, 3.8) is 0 Å². The molecule has 0 spiro atoms. The van der Waals surface area contributed by atoms with Gasteiger partial charge in [-0.05, 0) is 72.0 Å². The molecule has 1 aromatic heterocycles. The van der Waals surface area contributed by atoms with E-state index in [1.165, 1.54) is 0 Å². The third-order valence-corrected chi connectivity index (χ3v) is 5.46. The lowest BCUT2D eigenvalue weighted by Gasteiger charge is -2.10. The highest BCUT2D eigenvalue weighted by atomic mass is 127. The lowest BCUT2D eigenvalue weighted by Crippen LogP contribution is -2.23. The lowest BCUT2D eigenvalue weighted by molar-refractivity contribution is -0.110. The SMILES string of the molecule is CCn1c(C=C2C(=O)Nc3ccc(Br)cc32)nc2ccc(I)cc2c1=O. The fraction of sp³-hybridized carbons (Fsp3) is 0.105. The molecule has 0 aliphatic carbocycles. The Hall–Kier alpha value is -2.00. The van der Waals surface area contributed by atoms with Crippen molar-refractivity contribution in [1.29, 1.82) is 0 Å². The van der Waals surface area contributed by atoms with E-state index in [1.807, 2.05) is 43.3 Å². The molecule has 5 nitrogen and oxygen atoms in total. The van der Waals surface area contributed by atoms with Gasteiger partial charge in [0.25, 0.3) is 11.5 Å². The summed E-state index contributed by atoms with van der Waals surface area (Å²) in [6, 6.07) is 11.2. The molecule has 0 saturated carbocycles. The second kappa shape index (κ2) is 6.62. The van der Waals surface area contributed by atoms with Crippen molar-refractivity contribution >= 4 is 72.7 Å². The minimum atomic E-state index is -0.197. The van der Waals surface area contributed by atoms with Crippen LogP contribution in [0.5, 0.6) is 0 Å². The summed E-state index contributed by atoms with van der Waals surface area (Å²) < 4.78 is 3.46. The number of halogens is 2. The number of amides is 1. The van der Waals surface area contributed by atoms with Crippen LogP contribution in [0, 0.1) is 3.57 Å². The van der Waals surface area contributed by atoms with Gasteiger partial charge < -0.3 is 5.32 Å². The highest BCUT2D eigenvalue weighted by molar-refractivity contribution is 14.1. The Morgan fingerprint density at radius 1 is 1.23 bits per heavy atom. The van der Waals surface area contributed by atoms with Crippen molar-refractivity contribution in [1.82, 2.24) is 9.55 Å². The molecular weight excluding hydrogens is 509 g/mol. The predicted octanol–water partition coefficient (Wildman–Crippen LogP) is 4.28. The fourth-order valence-corrected chi connectivity index (χ4v) is 3.91. The first-order valence-corrected chi connectivity index (χ1v) is 9.88. The summed E-state index contributed by atoms with van der Waals surface area (Å²) in [5, 5.41) is 3.43. The molecule has 0 saturated heterocycles. The first kappa shape index (κ1) is 17.4. The van der Waals surface area contributed by atoms with Gasteiger partial charge in [-0.25, -0.2) is 4.98 Å². The molecule has 4 rings (SSSR count). The minimum Gasteiger partial charge on any atom is -0.321 e. The average Bonchev–Trinajstić information content (AvgIpc) is 2.91. The van der Waals surface area contributed by atoms with Crippen LogP contribution in [-0.2, 0) is 11.3 Å². The van der Waals surface area contributed by atoms with Crippen molar-refractivity contribution in [2.45, 2.75) is 13.5 Å². The van der Waals surface area contributed by atoms with Gasteiger partial charge in [0.1, 0.15) is 5.82 Å². The smallest absolute Gasteiger partial charge is 0.261 e.